The van der Waals surface area contributed by atoms with E-state index >= 15 is 0 Å². The number of nitrogens with two attached hydrogens (primary N) is 1. The summed E-state index contributed by atoms with van der Waals surface area (Å²) in [5.74, 6) is -0.302. The van der Waals surface area contributed by atoms with Crippen LogP contribution in [0.1, 0.15) is 26.7 Å². The first-order valence-electron chi connectivity index (χ1n) is 6.41. The quantitative estimate of drug-likeness (QED) is 0.848. The van der Waals surface area contributed by atoms with E-state index in [2.05, 4.69) is 0 Å². The smallest absolute Gasteiger partial charge is 0.245 e. The van der Waals surface area contributed by atoms with Crippen molar-refractivity contribution < 1.29 is 12.8 Å². The molecule has 0 radical (unpaired) electrons. The Kier molecular flexibility index (Phi) is 3.82. The van der Waals surface area contributed by atoms with Crippen molar-refractivity contribution in [1.82, 2.24) is 4.31 Å². The van der Waals surface area contributed by atoms with Gasteiger partial charge in [-0.05, 0) is 43.9 Å². The van der Waals surface area contributed by atoms with Crippen LogP contribution >= 0.6 is 0 Å². The summed E-state index contributed by atoms with van der Waals surface area (Å²) in [4.78, 5) is -0.131. The molecule has 0 spiro atoms. The highest BCUT2D eigenvalue weighted by Gasteiger charge is 2.35. The second-order valence-corrected chi connectivity index (χ2v) is 7.02. The van der Waals surface area contributed by atoms with E-state index in [9.17, 15) is 12.8 Å². The van der Waals surface area contributed by atoms with Crippen LogP contribution in [0.5, 0.6) is 0 Å². The second kappa shape index (κ2) is 5.09. The molecule has 1 aromatic rings. The van der Waals surface area contributed by atoms with Gasteiger partial charge >= 0.3 is 0 Å². The van der Waals surface area contributed by atoms with Gasteiger partial charge in [-0.2, -0.15) is 4.31 Å². The van der Waals surface area contributed by atoms with Gasteiger partial charge in [0.05, 0.1) is 5.69 Å². The third-order valence-electron chi connectivity index (χ3n) is 3.88. The van der Waals surface area contributed by atoms with Crippen molar-refractivity contribution in [3.63, 3.8) is 0 Å². The molecule has 0 aromatic heterocycles. The summed E-state index contributed by atoms with van der Waals surface area (Å²) in [6, 6.07) is 3.36. The van der Waals surface area contributed by atoms with Crippen LogP contribution in [0.3, 0.4) is 0 Å². The Hall–Kier alpha value is -1.14. The molecule has 2 atom stereocenters. The van der Waals surface area contributed by atoms with Crippen LogP contribution in [0.4, 0.5) is 10.1 Å². The topological polar surface area (TPSA) is 63.4 Å². The molecular formula is C13H19FN2O2S. The van der Waals surface area contributed by atoms with Crippen molar-refractivity contribution in [2.24, 2.45) is 5.92 Å². The van der Waals surface area contributed by atoms with Crippen molar-refractivity contribution in [3.8, 4) is 0 Å². The normalized spacial score (nSPS) is 25.4. The van der Waals surface area contributed by atoms with Crippen LogP contribution in [-0.2, 0) is 10.0 Å². The molecule has 0 aliphatic carbocycles. The molecule has 4 nitrogen and oxygen atoms in total. The summed E-state index contributed by atoms with van der Waals surface area (Å²) in [5, 5.41) is 0. The van der Waals surface area contributed by atoms with Gasteiger partial charge < -0.3 is 5.73 Å². The highest BCUT2D eigenvalue weighted by molar-refractivity contribution is 7.89. The lowest BCUT2D eigenvalue weighted by molar-refractivity contribution is 0.202. The maximum absolute atomic E-state index is 13.3. The molecule has 2 rings (SSSR count). The van der Waals surface area contributed by atoms with Gasteiger partial charge in [0.2, 0.25) is 10.0 Å². The maximum atomic E-state index is 13.3. The summed E-state index contributed by atoms with van der Waals surface area (Å²) in [5.41, 5.74) is 5.78. The minimum Gasteiger partial charge on any atom is -0.398 e. The van der Waals surface area contributed by atoms with Gasteiger partial charge in [-0.25, -0.2) is 12.8 Å². The predicted molar refractivity (Wildman–Crippen MR) is 72.6 cm³/mol. The third-order valence-corrected chi connectivity index (χ3v) is 5.92. The molecule has 19 heavy (non-hydrogen) atoms. The van der Waals surface area contributed by atoms with Gasteiger partial charge in [-0.15, -0.1) is 0 Å². The van der Waals surface area contributed by atoms with Gasteiger partial charge in [-0.3, -0.25) is 0 Å². The molecule has 0 bridgehead atoms. The van der Waals surface area contributed by atoms with Gasteiger partial charge in [0.15, 0.2) is 0 Å². The Labute approximate surface area is 113 Å². The number of rotatable bonds is 2. The van der Waals surface area contributed by atoms with Crippen LogP contribution < -0.4 is 5.73 Å². The molecule has 1 aromatic carbocycles. The first-order valence-corrected chi connectivity index (χ1v) is 7.85. The summed E-state index contributed by atoms with van der Waals surface area (Å²) in [6.07, 6.45) is 1.83. The van der Waals surface area contributed by atoms with Crippen molar-refractivity contribution in [1.29, 1.82) is 0 Å². The lowest BCUT2D eigenvalue weighted by Crippen LogP contribution is -2.46. The van der Waals surface area contributed by atoms with Gasteiger partial charge in [0, 0.05) is 12.6 Å². The Morgan fingerprint density at radius 1 is 1.37 bits per heavy atom. The van der Waals surface area contributed by atoms with Crippen LogP contribution in [0.2, 0.25) is 0 Å². The fourth-order valence-electron chi connectivity index (χ4n) is 2.49. The summed E-state index contributed by atoms with van der Waals surface area (Å²) in [7, 11) is -3.73. The second-order valence-electron chi connectivity index (χ2n) is 5.16. The molecule has 2 N–H and O–H groups in total. The van der Waals surface area contributed by atoms with Crippen molar-refractivity contribution in [2.75, 3.05) is 12.3 Å². The van der Waals surface area contributed by atoms with E-state index in [4.69, 9.17) is 5.73 Å². The molecule has 106 valence electrons. The first-order chi connectivity index (χ1) is 8.84. The summed E-state index contributed by atoms with van der Waals surface area (Å²) >= 11 is 0. The van der Waals surface area contributed by atoms with Crippen molar-refractivity contribution >= 4 is 15.7 Å². The SMILES string of the molecule is CC1CCCN(S(=O)(=O)c2cc(F)ccc2N)C1C. The molecule has 0 amide bonds. The van der Waals surface area contributed by atoms with Crippen LogP contribution in [0.25, 0.3) is 0 Å². The maximum Gasteiger partial charge on any atom is 0.245 e. The first kappa shape index (κ1) is 14.3. The number of hydrogen-bond acceptors (Lipinski definition) is 3. The van der Waals surface area contributed by atoms with E-state index in [1.54, 1.807) is 0 Å². The largest absolute Gasteiger partial charge is 0.398 e. The predicted octanol–water partition coefficient (Wildman–Crippen LogP) is 2.22. The van der Waals surface area contributed by atoms with E-state index in [0.717, 1.165) is 25.0 Å². The Balaban J connectivity index is 2.44. The van der Waals surface area contributed by atoms with Gasteiger partial charge in [0.25, 0.3) is 0 Å². The standard InChI is InChI=1S/C13H19FN2O2S/c1-9-4-3-7-16(10(9)2)19(17,18)13-8-11(14)5-6-12(13)15/h5-6,8-10H,3-4,7,15H2,1-2H3. The zero-order chi connectivity index (χ0) is 14.2. The fourth-order valence-corrected chi connectivity index (χ4v) is 4.39. The monoisotopic (exact) mass is 286 g/mol. The van der Waals surface area contributed by atoms with Crippen LogP contribution in [0, 0.1) is 11.7 Å². The van der Waals surface area contributed by atoms with Gasteiger partial charge in [-0.1, -0.05) is 6.92 Å². The van der Waals surface area contributed by atoms with Gasteiger partial charge in [0.1, 0.15) is 10.7 Å². The lowest BCUT2D eigenvalue weighted by Gasteiger charge is -2.36. The van der Waals surface area contributed by atoms with E-state index in [1.807, 2.05) is 13.8 Å². The molecule has 1 heterocycles. The summed E-state index contributed by atoms with van der Waals surface area (Å²) < 4.78 is 39.9. The average molecular weight is 286 g/mol. The highest BCUT2D eigenvalue weighted by Crippen LogP contribution is 2.31. The van der Waals surface area contributed by atoms with Crippen molar-refractivity contribution in [3.05, 3.63) is 24.0 Å². The summed E-state index contributed by atoms with van der Waals surface area (Å²) in [6.45, 7) is 4.38. The zero-order valence-electron chi connectivity index (χ0n) is 11.1. The molecule has 2 unspecified atom stereocenters. The molecule has 1 saturated heterocycles. The minimum atomic E-state index is -3.73. The Bertz CT molecular complexity index is 574. The Morgan fingerprint density at radius 2 is 2.05 bits per heavy atom. The lowest BCUT2D eigenvalue weighted by atomic mass is 9.94. The molecule has 6 heteroatoms. The fraction of sp³-hybridized carbons (Fsp3) is 0.538. The van der Waals surface area contributed by atoms with E-state index in [-0.39, 0.29) is 16.6 Å². The number of nitrogens with zero attached hydrogens (tertiary/aromatic N) is 1. The Morgan fingerprint density at radius 3 is 2.74 bits per heavy atom. The van der Waals surface area contributed by atoms with E-state index in [1.165, 1.54) is 10.4 Å². The molecular weight excluding hydrogens is 267 g/mol. The highest BCUT2D eigenvalue weighted by atomic mass is 32.2. The third kappa shape index (κ3) is 2.60. The van der Waals surface area contributed by atoms with Crippen LogP contribution in [-0.4, -0.2) is 25.3 Å². The van der Waals surface area contributed by atoms with E-state index < -0.39 is 15.8 Å². The number of hydrogen-bond donors (Lipinski definition) is 1. The average Bonchev–Trinajstić information content (AvgIpc) is 2.35. The number of benzene rings is 1. The molecule has 1 fully saturated rings. The van der Waals surface area contributed by atoms with E-state index in [0.29, 0.717) is 12.5 Å². The zero-order valence-corrected chi connectivity index (χ0v) is 12.0. The minimum absolute atomic E-state index is 0.0897. The van der Waals surface area contributed by atoms with Crippen molar-refractivity contribution in [2.45, 2.75) is 37.6 Å². The number of halogens is 1. The molecule has 1 aliphatic rings. The number of piperidine rings is 1. The molecule has 0 saturated carbocycles. The van der Waals surface area contributed by atoms with Crippen LogP contribution in [0.15, 0.2) is 23.1 Å². The number of nitrogen functional groups attached to an aromatic ring is 1. The number of anilines is 1. The molecule has 1 aliphatic heterocycles. The number of sulfonamides is 1.